The van der Waals surface area contributed by atoms with Crippen LogP contribution in [0.3, 0.4) is 0 Å². The van der Waals surface area contributed by atoms with Crippen molar-refractivity contribution in [1.29, 1.82) is 0 Å². The van der Waals surface area contributed by atoms with Crippen LogP contribution in [0.4, 0.5) is 11.5 Å². The van der Waals surface area contributed by atoms with Crippen molar-refractivity contribution in [2.24, 2.45) is 0 Å². The van der Waals surface area contributed by atoms with Gasteiger partial charge in [0.05, 0.1) is 4.92 Å². The summed E-state index contributed by atoms with van der Waals surface area (Å²) in [5.41, 5.74) is 0.454. The first kappa shape index (κ1) is 13.2. The van der Waals surface area contributed by atoms with Gasteiger partial charge in [0, 0.05) is 12.1 Å². The molecule has 0 amide bonds. The molecule has 94 valence electrons. The predicted octanol–water partition coefficient (Wildman–Crippen LogP) is 2.67. The normalized spacial score (nSPS) is 12.5. The maximum Gasteiger partial charge on any atom is 0.333 e. The monoisotopic (exact) mass is 238 g/mol. The highest BCUT2D eigenvalue weighted by Crippen LogP contribution is 2.30. The van der Waals surface area contributed by atoms with Crippen molar-refractivity contribution in [2.75, 3.05) is 5.32 Å². The summed E-state index contributed by atoms with van der Waals surface area (Å²) in [6.07, 6.45) is 1.69. The van der Waals surface area contributed by atoms with E-state index < -0.39 is 4.92 Å². The maximum atomic E-state index is 11.0. The van der Waals surface area contributed by atoms with Crippen LogP contribution in [-0.2, 0) is 0 Å². The van der Waals surface area contributed by atoms with Crippen LogP contribution in [0.2, 0.25) is 0 Å². The molecule has 0 aliphatic carbocycles. The Kier molecular flexibility index (Phi) is 3.88. The average molecular weight is 238 g/mol. The Labute approximate surface area is 100 Å². The molecule has 0 fully saturated rings. The zero-order chi connectivity index (χ0) is 13.2. The van der Waals surface area contributed by atoms with Crippen LogP contribution >= 0.6 is 0 Å². The summed E-state index contributed by atoms with van der Waals surface area (Å²) in [6.45, 7) is 11.0. The van der Waals surface area contributed by atoms with Crippen LogP contribution in [0.1, 0.15) is 32.5 Å². The molecule has 6 heteroatoms. The molecule has 0 aliphatic rings. The van der Waals surface area contributed by atoms with E-state index in [1.54, 1.807) is 17.7 Å². The third-order valence-corrected chi connectivity index (χ3v) is 2.44. The van der Waals surface area contributed by atoms with Crippen molar-refractivity contribution >= 4 is 11.5 Å². The topological polar surface area (TPSA) is 73.0 Å². The number of rotatable bonds is 5. The molecule has 1 N–H and O–H groups in total. The minimum absolute atomic E-state index is 0.0346. The SMILES string of the molecule is C=CC(C)Nc1c([N+](=O)[O-])c(C)nn1C(C)C. The van der Waals surface area contributed by atoms with Gasteiger partial charge in [0.2, 0.25) is 5.82 Å². The Hall–Kier alpha value is -1.85. The third kappa shape index (κ3) is 2.64. The molecule has 0 aromatic carbocycles. The van der Waals surface area contributed by atoms with Gasteiger partial charge in [-0.05, 0) is 27.7 Å². The second-order valence-corrected chi connectivity index (χ2v) is 4.25. The number of aromatic nitrogens is 2. The van der Waals surface area contributed by atoms with Gasteiger partial charge in [0.1, 0.15) is 5.69 Å². The first-order valence-electron chi connectivity index (χ1n) is 5.51. The van der Waals surface area contributed by atoms with E-state index in [-0.39, 0.29) is 17.8 Å². The van der Waals surface area contributed by atoms with Crippen LogP contribution in [0.15, 0.2) is 12.7 Å². The lowest BCUT2D eigenvalue weighted by atomic mass is 10.3. The number of nitro groups is 1. The minimum atomic E-state index is -0.403. The molecule has 0 spiro atoms. The fraction of sp³-hybridized carbons (Fsp3) is 0.545. The first-order chi connectivity index (χ1) is 7.88. The largest absolute Gasteiger partial charge is 0.359 e. The van der Waals surface area contributed by atoms with Gasteiger partial charge in [-0.2, -0.15) is 5.10 Å². The van der Waals surface area contributed by atoms with Crippen molar-refractivity contribution in [3.8, 4) is 0 Å². The lowest BCUT2D eigenvalue weighted by Gasteiger charge is -2.14. The molecule has 0 saturated heterocycles. The fourth-order valence-electron chi connectivity index (χ4n) is 1.54. The summed E-state index contributed by atoms with van der Waals surface area (Å²) in [5.74, 6) is 0.440. The van der Waals surface area contributed by atoms with E-state index in [0.29, 0.717) is 11.5 Å². The zero-order valence-corrected chi connectivity index (χ0v) is 10.6. The van der Waals surface area contributed by atoms with Gasteiger partial charge in [0.15, 0.2) is 0 Å². The van der Waals surface area contributed by atoms with E-state index in [1.807, 2.05) is 20.8 Å². The number of hydrogen-bond donors (Lipinski definition) is 1. The summed E-state index contributed by atoms with van der Waals surface area (Å²) in [6, 6.07) is 0.00390. The molecule has 1 rings (SSSR count). The Morgan fingerprint density at radius 1 is 1.53 bits per heavy atom. The summed E-state index contributed by atoms with van der Waals surface area (Å²) < 4.78 is 1.63. The fourth-order valence-corrected chi connectivity index (χ4v) is 1.54. The van der Waals surface area contributed by atoms with E-state index in [2.05, 4.69) is 17.0 Å². The van der Waals surface area contributed by atoms with Crippen molar-refractivity contribution in [2.45, 2.75) is 39.8 Å². The molecular formula is C11H18N4O2. The highest BCUT2D eigenvalue weighted by molar-refractivity contribution is 5.60. The quantitative estimate of drug-likeness (QED) is 0.486. The van der Waals surface area contributed by atoms with Crippen LogP contribution in [0, 0.1) is 17.0 Å². The molecular weight excluding hydrogens is 220 g/mol. The van der Waals surface area contributed by atoms with Crippen LogP contribution < -0.4 is 5.32 Å². The molecule has 1 atom stereocenters. The van der Waals surface area contributed by atoms with Crippen LogP contribution in [-0.4, -0.2) is 20.7 Å². The number of hydrogen-bond acceptors (Lipinski definition) is 4. The van der Waals surface area contributed by atoms with Crippen molar-refractivity contribution in [3.63, 3.8) is 0 Å². The van der Waals surface area contributed by atoms with E-state index in [0.717, 1.165) is 0 Å². The maximum absolute atomic E-state index is 11.0. The highest BCUT2D eigenvalue weighted by atomic mass is 16.6. The van der Waals surface area contributed by atoms with Gasteiger partial charge in [0.25, 0.3) is 0 Å². The van der Waals surface area contributed by atoms with Gasteiger partial charge in [-0.1, -0.05) is 6.08 Å². The molecule has 0 saturated carbocycles. The van der Waals surface area contributed by atoms with E-state index in [9.17, 15) is 10.1 Å². The number of anilines is 1. The van der Waals surface area contributed by atoms with Crippen molar-refractivity contribution in [1.82, 2.24) is 9.78 Å². The van der Waals surface area contributed by atoms with E-state index in [1.165, 1.54) is 0 Å². The molecule has 1 unspecified atom stereocenters. The molecule has 6 nitrogen and oxygen atoms in total. The lowest BCUT2D eigenvalue weighted by Crippen LogP contribution is -2.17. The Balaban J connectivity index is 3.29. The second kappa shape index (κ2) is 4.99. The Morgan fingerprint density at radius 2 is 2.12 bits per heavy atom. The van der Waals surface area contributed by atoms with Gasteiger partial charge in [-0.3, -0.25) is 10.1 Å². The lowest BCUT2D eigenvalue weighted by molar-refractivity contribution is -0.384. The number of nitrogens with one attached hydrogen (secondary N) is 1. The standard InChI is InChI=1S/C11H18N4O2/c1-6-8(4)12-11-10(15(16)17)9(5)13-14(11)7(2)3/h6-8,12H,1H2,2-5H3. The van der Waals surface area contributed by atoms with Gasteiger partial charge < -0.3 is 5.32 Å². The molecule has 1 heterocycles. The molecule has 17 heavy (non-hydrogen) atoms. The van der Waals surface area contributed by atoms with Crippen LogP contribution in [0.25, 0.3) is 0 Å². The van der Waals surface area contributed by atoms with Gasteiger partial charge in [-0.25, -0.2) is 4.68 Å². The predicted molar refractivity (Wildman–Crippen MR) is 67.3 cm³/mol. The minimum Gasteiger partial charge on any atom is -0.359 e. The van der Waals surface area contributed by atoms with E-state index in [4.69, 9.17) is 0 Å². The first-order valence-corrected chi connectivity index (χ1v) is 5.51. The smallest absolute Gasteiger partial charge is 0.333 e. The number of aryl methyl sites for hydroxylation is 1. The number of nitrogens with zero attached hydrogens (tertiary/aromatic N) is 3. The summed E-state index contributed by atoms with van der Waals surface area (Å²) >= 11 is 0. The Morgan fingerprint density at radius 3 is 2.53 bits per heavy atom. The molecule has 0 bridgehead atoms. The van der Waals surface area contributed by atoms with Crippen molar-refractivity contribution in [3.05, 3.63) is 28.5 Å². The summed E-state index contributed by atoms with van der Waals surface area (Å²) in [4.78, 5) is 10.6. The molecule has 0 radical (unpaired) electrons. The summed E-state index contributed by atoms with van der Waals surface area (Å²) in [7, 11) is 0. The van der Waals surface area contributed by atoms with Gasteiger partial charge in [-0.15, -0.1) is 6.58 Å². The summed E-state index contributed by atoms with van der Waals surface area (Å²) in [5, 5.41) is 18.3. The highest BCUT2D eigenvalue weighted by Gasteiger charge is 2.26. The molecule has 1 aromatic heterocycles. The molecule has 1 aromatic rings. The third-order valence-electron chi connectivity index (χ3n) is 2.44. The second-order valence-electron chi connectivity index (χ2n) is 4.25. The van der Waals surface area contributed by atoms with Gasteiger partial charge >= 0.3 is 5.69 Å². The Bertz CT molecular complexity index is 437. The molecule has 0 aliphatic heterocycles. The van der Waals surface area contributed by atoms with E-state index >= 15 is 0 Å². The zero-order valence-electron chi connectivity index (χ0n) is 10.6. The average Bonchev–Trinajstić information content (AvgIpc) is 2.55. The van der Waals surface area contributed by atoms with Crippen molar-refractivity contribution < 1.29 is 4.92 Å². The van der Waals surface area contributed by atoms with Crippen LogP contribution in [0.5, 0.6) is 0 Å².